The number of benzene rings is 1. The maximum Gasteiger partial charge on any atom is 0.280 e. The molecule has 3 aromatic rings. The fourth-order valence-electron chi connectivity index (χ4n) is 3.24. The predicted octanol–water partition coefficient (Wildman–Crippen LogP) is 3.60. The minimum absolute atomic E-state index is 0.0945. The first-order valence-electron chi connectivity index (χ1n) is 9.56. The molecule has 4 rings (SSSR count). The zero-order valence-corrected chi connectivity index (χ0v) is 18.1. The molecule has 0 aliphatic carbocycles. The topological polar surface area (TPSA) is 87.2 Å². The average molecular weight is 448 g/mol. The van der Waals surface area contributed by atoms with Crippen LogP contribution >= 0.6 is 11.5 Å². The van der Waals surface area contributed by atoms with Crippen LogP contribution < -0.4 is 10.0 Å². The second kappa shape index (κ2) is 8.66. The number of hydrogen-bond donors (Lipinski definition) is 2. The molecular weight excluding hydrogens is 425 g/mol. The monoisotopic (exact) mass is 447 g/mol. The van der Waals surface area contributed by atoms with Gasteiger partial charge < -0.3 is 5.32 Å². The summed E-state index contributed by atoms with van der Waals surface area (Å²) in [7, 11) is -3.82. The molecule has 0 radical (unpaired) electrons. The zero-order chi connectivity index (χ0) is 21.1. The second-order valence-electron chi connectivity index (χ2n) is 7.13. The molecule has 0 atom stereocenters. The van der Waals surface area contributed by atoms with Crippen molar-refractivity contribution in [1.29, 1.82) is 0 Å². The Morgan fingerprint density at radius 1 is 1.20 bits per heavy atom. The van der Waals surface area contributed by atoms with Crippen LogP contribution in [-0.4, -0.2) is 35.8 Å². The first-order valence-corrected chi connectivity index (χ1v) is 11.9. The molecule has 3 heterocycles. The number of anilines is 2. The molecule has 0 spiro atoms. The van der Waals surface area contributed by atoms with E-state index >= 15 is 0 Å². The lowest BCUT2D eigenvalue weighted by Crippen LogP contribution is -2.36. The zero-order valence-electron chi connectivity index (χ0n) is 16.4. The molecule has 1 fully saturated rings. The normalized spacial score (nSPS) is 14.3. The smallest absolute Gasteiger partial charge is 0.280 e. The summed E-state index contributed by atoms with van der Waals surface area (Å²) in [6, 6.07) is 9.79. The number of rotatable bonds is 8. The van der Waals surface area contributed by atoms with Gasteiger partial charge in [0.25, 0.3) is 10.0 Å². The van der Waals surface area contributed by atoms with Crippen molar-refractivity contribution in [3.05, 3.63) is 64.4 Å². The molecular formula is C20H22FN5O2S2. The highest BCUT2D eigenvalue weighted by Crippen LogP contribution is 2.22. The van der Waals surface area contributed by atoms with Crippen LogP contribution in [0.5, 0.6) is 0 Å². The van der Waals surface area contributed by atoms with Crippen molar-refractivity contribution in [3.63, 3.8) is 0 Å². The average Bonchev–Trinajstić information content (AvgIpc) is 3.17. The Morgan fingerprint density at radius 2 is 2.03 bits per heavy atom. The molecule has 1 aliphatic rings. The maximum atomic E-state index is 14.5. The number of nitrogens with one attached hydrogen (secondary N) is 2. The Bertz CT molecular complexity index is 1130. The summed E-state index contributed by atoms with van der Waals surface area (Å²) < 4.78 is 45.8. The Labute approximate surface area is 179 Å². The second-order valence-corrected chi connectivity index (χ2v) is 9.43. The van der Waals surface area contributed by atoms with E-state index in [1.165, 1.54) is 18.6 Å². The van der Waals surface area contributed by atoms with E-state index in [1.807, 2.05) is 6.07 Å². The van der Waals surface area contributed by atoms with E-state index in [2.05, 4.69) is 24.3 Å². The fourth-order valence-corrected chi connectivity index (χ4v) is 4.77. The summed E-state index contributed by atoms with van der Waals surface area (Å²) in [6.07, 6.45) is 1.18. The van der Waals surface area contributed by atoms with Crippen LogP contribution in [0.1, 0.15) is 23.2 Å². The van der Waals surface area contributed by atoms with Gasteiger partial charge in [0.1, 0.15) is 5.82 Å². The summed E-state index contributed by atoms with van der Waals surface area (Å²) in [5, 5.41) is 4.79. The van der Waals surface area contributed by atoms with Crippen LogP contribution in [0.25, 0.3) is 0 Å². The van der Waals surface area contributed by atoms with Crippen molar-refractivity contribution in [2.75, 3.05) is 23.1 Å². The van der Waals surface area contributed by atoms with Gasteiger partial charge in [-0.1, -0.05) is 12.1 Å². The van der Waals surface area contributed by atoms with Gasteiger partial charge in [0.05, 0.1) is 11.4 Å². The van der Waals surface area contributed by atoms with Crippen molar-refractivity contribution in [2.45, 2.75) is 31.5 Å². The number of nitrogens with zero attached hydrogens (tertiary/aromatic N) is 3. The van der Waals surface area contributed by atoms with Gasteiger partial charge in [-0.15, -0.1) is 0 Å². The van der Waals surface area contributed by atoms with E-state index in [1.54, 1.807) is 30.5 Å². The predicted molar refractivity (Wildman–Crippen MR) is 116 cm³/mol. The van der Waals surface area contributed by atoms with E-state index in [0.717, 1.165) is 36.7 Å². The minimum atomic E-state index is -3.82. The Kier molecular flexibility index (Phi) is 5.98. The maximum absolute atomic E-state index is 14.5. The number of aryl methyl sites for hydroxylation is 1. The highest BCUT2D eigenvalue weighted by molar-refractivity contribution is 7.92. The molecule has 2 aromatic heterocycles. The first kappa shape index (κ1) is 20.7. The highest BCUT2D eigenvalue weighted by Gasteiger charge is 2.19. The van der Waals surface area contributed by atoms with Gasteiger partial charge in [0.15, 0.2) is 10.8 Å². The molecule has 10 heteroatoms. The van der Waals surface area contributed by atoms with E-state index in [9.17, 15) is 12.8 Å². The lowest BCUT2D eigenvalue weighted by atomic mass is 10.0. The molecule has 30 heavy (non-hydrogen) atoms. The number of sulfonamides is 1. The molecule has 1 aromatic carbocycles. The fraction of sp³-hybridized carbons (Fsp3) is 0.300. The number of hydrogen-bond acceptors (Lipinski definition) is 7. The van der Waals surface area contributed by atoms with Crippen molar-refractivity contribution < 1.29 is 12.8 Å². The van der Waals surface area contributed by atoms with E-state index in [4.69, 9.17) is 0 Å². The number of pyridine rings is 1. The number of aromatic nitrogens is 2. The minimum Gasteiger partial charge on any atom is -0.379 e. The van der Waals surface area contributed by atoms with Crippen molar-refractivity contribution in [1.82, 2.24) is 14.3 Å². The van der Waals surface area contributed by atoms with Crippen molar-refractivity contribution in [2.24, 2.45) is 0 Å². The van der Waals surface area contributed by atoms with Crippen LogP contribution in [0.3, 0.4) is 0 Å². The van der Waals surface area contributed by atoms with Crippen LogP contribution in [-0.2, 0) is 23.1 Å². The lowest BCUT2D eigenvalue weighted by Gasteiger charge is -2.31. The summed E-state index contributed by atoms with van der Waals surface area (Å²) in [6.45, 7) is 4.81. The molecule has 0 saturated carbocycles. The molecule has 7 nitrogen and oxygen atoms in total. The standard InChI is InChI=1S/C20H22FN5O2S2/c1-14-18(6-7-20(23-14)30(27,28)25-19-8-11-29-24-19)22-12-16-15(4-2-5-17(16)21)13-26-9-3-10-26/h2,4-8,11,22H,3,9-10,12-13H2,1H3,(H,24,25). The molecule has 0 unspecified atom stereocenters. The summed E-state index contributed by atoms with van der Waals surface area (Å²) in [5.74, 6) is 0.00809. The first-order chi connectivity index (χ1) is 14.4. The van der Waals surface area contributed by atoms with Crippen LogP contribution in [0.15, 0.2) is 46.8 Å². The van der Waals surface area contributed by atoms with Crippen molar-refractivity contribution in [3.8, 4) is 0 Å². The van der Waals surface area contributed by atoms with Gasteiger partial charge in [-0.2, -0.15) is 12.8 Å². The molecule has 0 amide bonds. The molecule has 1 aliphatic heterocycles. The quantitative estimate of drug-likeness (QED) is 0.549. The van der Waals surface area contributed by atoms with Crippen LogP contribution in [0.2, 0.25) is 0 Å². The molecule has 0 bridgehead atoms. The van der Waals surface area contributed by atoms with Gasteiger partial charge in [-0.25, -0.2) is 9.37 Å². The van der Waals surface area contributed by atoms with Crippen LogP contribution in [0.4, 0.5) is 15.9 Å². The molecule has 158 valence electrons. The summed E-state index contributed by atoms with van der Waals surface area (Å²) in [4.78, 5) is 6.49. The third kappa shape index (κ3) is 4.61. The molecule has 2 N–H and O–H groups in total. The number of likely N-dealkylation sites (tertiary alicyclic amines) is 1. The third-order valence-electron chi connectivity index (χ3n) is 5.03. The third-order valence-corrected chi connectivity index (χ3v) is 6.84. The largest absolute Gasteiger partial charge is 0.379 e. The summed E-state index contributed by atoms with van der Waals surface area (Å²) in [5.41, 5.74) is 2.74. The molecule has 1 saturated heterocycles. The van der Waals surface area contributed by atoms with Gasteiger partial charge >= 0.3 is 0 Å². The van der Waals surface area contributed by atoms with E-state index in [0.29, 0.717) is 23.5 Å². The van der Waals surface area contributed by atoms with Gasteiger partial charge in [0.2, 0.25) is 0 Å². The number of halogens is 1. The van der Waals surface area contributed by atoms with Crippen molar-refractivity contribution >= 4 is 33.1 Å². The summed E-state index contributed by atoms with van der Waals surface area (Å²) >= 11 is 1.16. The van der Waals surface area contributed by atoms with Gasteiger partial charge in [-0.05, 0) is 67.8 Å². The van der Waals surface area contributed by atoms with Gasteiger partial charge in [-0.3, -0.25) is 9.62 Å². The van der Waals surface area contributed by atoms with E-state index in [-0.39, 0.29) is 16.7 Å². The van der Waals surface area contributed by atoms with Gasteiger partial charge in [0, 0.05) is 24.0 Å². The highest BCUT2D eigenvalue weighted by atomic mass is 32.2. The Morgan fingerprint density at radius 3 is 2.70 bits per heavy atom. The van der Waals surface area contributed by atoms with E-state index < -0.39 is 10.0 Å². The Balaban J connectivity index is 1.48. The lowest BCUT2D eigenvalue weighted by molar-refractivity contribution is 0.172. The van der Waals surface area contributed by atoms with Crippen LogP contribution in [0, 0.1) is 12.7 Å². The SMILES string of the molecule is Cc1nc(S(=O)(=O)Nc2ccsn2)ccc1NCc1c(F)cccc1CN1CCC1. The Hall–Kier alpha value is -2.56.